The van der Waals surface area contributed by atoms with Gasteiger partial charge in [0.05, 0.1) is 11.0 Å². The highest BCUT2D eigenvalue weighted by atomic mass is 32.2. The molecule has 0 spiro atoms. The SMILES string of the molecule is CCCC(CCCS(=O)(=O)O)S(=O)(=O)O. The van der Waals surface area contributed by atoms with Gasteiger partial charge in [0.25, 0.3) is 20.2 Å². The van der Waals surface area contributed by atoms with Crippen molar-refractivity contribution < 1.29 is 25.9 Å². The Hall–Kier alpha value is -0.180. The minimum Gasteiger partial charge on any atom is -0.286 e. The molecule has 2 N–H and O–H groups in total. The van der Waals surface area contributed by atoms with Crippen LogP contribution in [0.3, 0.4) is 0 Å². The number of hydrogen-bond donors (Lipinski definition) is 2. The lowest BCUT2D eigenvalue weighted by molar-refractivity contribution is 0.449. The molecule has 0 radical (unpaired) electrons. The second kappa shape index (κ2) is 5.78. The minimum absolute atomic E-state index is 0.0172. The largest absolute Gasteiger partial charge is 0.286 e. The molecule has 0 aromatic rings. The van der Waals surface area contributed by atoms with Crippen LogP contribution in [-0.2, 0) is 20.2 Å². The summed E-state index contributed by atoms with van der Waals surface area (Å²) in [7, 11) is -8.18. The number of hydrogen-bond acceptors (Lipinski definition) is 4. The van der Waals surface area contributed by atoms with Gasteiger partial charge in [-0.15, -0.1) is 0 Å². The molecule has 0 rings (SSSR count). The van der Waals surface area contributed by atoms with E-state index < -0.39 is 31.2 Å². The monoisotopic (exact) mass is 260 g/mol. The van der Waals surface area contributed by atoms with Gasteiger partial charge in [0.1, 0.15) is 0 Å². The van der Waals surface area contributed by atoms with Gasteiger partial charge in [-0.05, 0) is 19.3 Å². The van der Waals surface area contributed by atoms with Crippen LogP contribution in [0.4, 0.5) is 0 Å². The summed E-state index contributed by atoms with van der Waals surface area (Å²) in [6.07, 6.45) is 0.913. The van der Waals surface area contributed by atoms with Crippen molar-refractivity contribution in [1.82, 2.24) is 0 Å². The summed E-state index contributed by atoms with van der Waals surface area (Å²) in [5.41, 5.74) is 0. The van der Waals surface area contributed by atoms with E-state index in [4.69, 9.17) is 9.11 Å². The van der Waals surface area contributed by atoms with Gasteiger partial charge in [0, 0.05) is 0 Å². The molecule has 0 heterocycles. The van der Waals surface area contributed by atoms with Crippen LogP contribution in [0.1, 0.15) is 32.6 Å². The molecule has 0 aromatic carbocycles. The Morgan fingerprint density at radius 2 is 1.60 bits per heavy atom. The van der Waals surface area contributed by atoms with Crippen LogP contribution in [0.5, 0.6) is 0 Å². The highest BCUT2D eigenvalue weighted by Crippen LogP contribution is 2.14. The third-order valence-corrected chi connectivity index (χ3v) is 4.08. The van der Waals surface area contributed by atoms with E-state index in [0.29, 0.717) is 6.42 Å². The zero-order valence-electron chi connectivity index (χ0n) is 8.46. The molecule has 1 unspecified atom stereocenters. The molecule has 0 aromatic heterocycles. The molecule has 6 nitrogen and oxygen atoms in total. The van der Waals surface area contributed by atoms with Crippen molar-refractivity contribution in [3.63, 3.8) is 0 Å². The van der Waals surface area contributed by atoms with Crippen molar-refractivity contribution in [1.29, 1.82) is 0 Å². The number of rotatable bonds is 7. The van der Waals surface area contributed by atoms with E-state index in [1.165, 1.54) is 0 Å². The average molecular weight is 260 g/mol. The van der Waals surface area contributed by atoms with Gasteiger partial charge in [-0.25, -0.2) is 0 Å². The van der Waals surface area contributed by atoms with Crippen LogP contribution in [0, 0.1) is 0 Å². The Bertz CT molecular complexity index is 368. The van der Waals surface area contributed by atoms with Gasteiger partial charge in [-0.1, -0.05) is 13.3 Å². The first-order valence-corrected chi connectivity index (χ1v) is 7.69. The molecule has 0 aliphatic heterocycles. The molecule has 0 saturated carbocycles. The topological polar surface area (TPSA) is 109 Å². The maximum Gasteiger partial charge on any atom is 0.267 e. The van der Waals surface area contributed by atoms with Crippen LogP contribution in [-0.4, -0.2) is 36.9 Å². The van der Waals surface area contributed by atoms with Crippen molar-refractivity contribution in [2.75, 3.05) is 5.75 Å². The smallest absolute Gasteiger partial charge is 0.267 e. The van der Waals surface area contributed by atoms with Gasteiger partial charge in [-0.2, -0.15) is 16.8 Å². The highest BCUT2D eigenvalue weighted by Gasteiger charge is 2.22. The fraction of sp³-hybridized carbons (Fsp3) is 1.00. The summed E-state index contributed by atoms with van der Waals surface area (Å²) in [4.78, 5) is 0. The summed E-state index contributed by atoms with van der Waals surface area (Å²) in [5, 5.41) is -0.941. The molecule has 0 bridgehead atoms. The molecule has 1 atom stereocenters. The van der Waals surface area contributed by atoms with E-state index in [1.807, 2.05) is 0 Å². The Morgan fingerprint density at radius 1 is 1.07 bits per heavy atom. The molecule has 8 heteroatoms. The van der Waals surface area contributed by atoms with E-state index in [2.05, 4.69) is 0 Å². The van der Waals surface area contributed by atoms with Gasteiger partial charge < -0.3 is 0 Å². The Balaban J connectivity index is 4.22. The van der Waals surface area contributed by atoms with Gasteiger partial charge >= 0.3 is 0 Å². The Labute approximate surface area is 90.2 Å². The lowest BCUT2D eigenvalue weighted by Gasteiger charge is -2.11. The van der Waals surface area contributed by atoms with Crippen molar-refractivity contribution in [3.05, 3.63) is 0 Å². The Kier molecular flexibility index (Phi) is 5.71. The highest BCUT2D eigenvalue weighted by molar-refractivity contribution is 7.86. The summed E-state index contributed by atoms with van der Waals surface area (Å²) in [6, 6.07) is 0. The average Bonchev–Trinajstić information content (AvgIpc) is 1.98. The van der Waals surface area contributed by atoms with Crippen LogP contribution >= 0.6 is 0 Å². The van der Waals surface area contributed by atoms with Gasteiger partial charge in [-0.3, -0.25) is 9.11 Å². The maximum atomic E-state index is 10.8. The third-order valence-electron chi connectivity index (χ3n) is 1.96. The van der Waals surface area contributed by atoms with Crippen LogP contribution in [0.25, 0.3) is 0 Å². The molecule has 0 saturated heterocycles. The third kappa shape index (κ3) is 7.71. The van der Waals surface area contributed by atoms with Crippen molar-refractivity contribution in [2.45, 2.75) is 37.9 Å². The fourth-order valence-corrected chi connectivity index (χ4v) is 2.79. The van der Waals surface area contributed by atoms with Gasteiger partial charge in [0.2, 0.25) is 0 Å². The van der Waals surface area contributed by atoms with Crippen LogP contribution < -0.4 is 0 Å². The van der Waals surface area contributed by atoms with Gasteiger partial charge in [0.15, 0.2) is 0 Å². The summed E-state index contributed by atoms with van der Waals surface area (Å²) in [6.45, 7) is 1.76. The van der Waals surface area contributed by atoms with E-state index in [9.17, 15) is 16.8 Å². The molecule has 15 heavy (non-hydrogen) atoms. The van der Waals surface area contributed by atoms with E-state index in [-0.39, 0.29) is 19.3 Å². The minimum atomic E-state index is -4.12. The molecule has 0 fully saturated rings. The zero-order chi connectivity index (χ0) is 12.1. The second-order valence-electron chi connectivity index (χ2n) is 3.35. The quantitative estimate of drug-likeness (QED) is 0.652. The lowest BCUT2D eigenvalue weighted by Crippen LogP contribution is -2.21. The van der Waals surface area contributed by atoms with Crippen molar-refractivity contribution in [2.24, 2.45) is 0 Å². The molecule has 0 amide bonds. The van der Waals surface area contributed by atoms with E-state index >= 15 is 0 Å². The maximum absolute atomic E-state index is 10.8. The first kappa shape index (κ1) is 14.8. The predicted octanol–water partition coefficient (Wildman–Crippen LogP) is 0.711. The molecule has 92 valence electrons. The Morgan fingerprint density at radius 3 is 1.93 bits per heavy atom. The van der Waals surface area contributed by atoms with E-state index in [0.717, 1.165) is 0 Å². The van der Waals surface area contributed by atoms with E-state index in [1.54, 1.807) is 6.92 Å². The zero-order valence-corrected chi connectivity index (χ0v) is 10.1. The predicted molar refractivity (Wildman–Crippen MR) is 55.9 cm³/mol. The summed E-state index contributed by atoms with van der Waals surface area (Å²) < 4.78 is 59.6. The van der Waals surface area contributed by atoms with Crippen molar-refractivity contribution in [3.8, 4) is 0 Å². The summed E-state index contributed by atoms with van der Waals surface area (Å²) >= 11 is 0. The van der Waals surface area contributed by atoms with Crippen LogP contribution in [0.15, 0.2) is 0 Å². The molecular weight excluding hydrogens is 244 g/mol. The normalized spacial score (nSPS) is 15.1. The van der Waals surface area contributed by atoms with Crippen LogP contribution in [0.2, 0.25) is 0 Å². The second-order valence-corrected chi connectivity index (χ2v) is 6.62. The van der Waals surface area contributed by atoms with Crippen molar-refractivity contribution >= 4 is 20.2 Å². The molecular formula is C7H16O6S2. The lowest BCUT2D eigenvalue weighted by atomic mass is 10.2. The molecule has 0 aliphatic rings. The first-order valence-electron chi connectivity index (χ1n) is 4.58. The summed E-state index contributed by atoms with van der Waals surface area (Å²) in [5.74, 6) is -0.483. The fourth-order valence-electron chi connectivity index (χ4n) is 1.26. The molecule has 0 aliphatic carbocycles. The first-order chi connectivity index (χ1) is 6.67. The standard InChI is InChI=1S/C7H16O6S2/c1-2-4-7(15(11,12)13)5-3-6-14(8,9)10/h7H,2-6H2,1H3,(H,8,9,10)(H,11,12,13).